The molecule has 32 heavy (non-hydrogen) atoms. The summed E-state index contributed by atoms with van der Waals surface area (Å²) >= 11 is 1.42. The van der Waals surface area contributed by atoms with E-state index in [2.05, 4.69) is 32.2 Å². The van der Waals surface area contributed by atoms with E-state index in [0.717, 1.165) is 38.9 Å². The van der Waals surface area contributed by atoms with Crippen molar-refractivity contribution in [1.82, 2.24) is 14.8 Å². The van der Waals surface area contributed by atoms with Gasteiger partial charge in [-0.2, -0.15) is 0 Å². The second kappa shape index (κ2) is 9.83. The van der Waals surface area contributed by atoms with Crippen molar-refractivity contribution in [3.63, 3.8) is 0 Å². The number of aromatic nitrogens is 3. The largest absolute Gasteiger partial charge is 0.325 e. The number of carbonyl (C=O) groups is 1. The van der Waals surface area contributed by atoms with Crippen LogP contribution < -0.4 is 5.32 Å². The van der Waals surface area contributed by atoms with Crippen molar-refractivity contribution in [1.29, 1.82) is 0 Å². The molecule has 0 saturated heterocycles. The number of aryl methyl sites for hydroxylation is 2. The quantitative estimate of drug-likeness (QED) is 0.371. The molecule has 0 fully saturated rings. The molecule has 6 heteroatoms. The van der Waals surface area contributed by atoms with E-state index in [1.165, 1.54) is 11.8 Å². The van der Waals surface area contributed by atoms with Gasteiger partial charge in [-0.25, -0.2) is 0 Å². The average Bonchev–Trinajstić information content (AvgIpc) is 3.19. The summed E-state index contributed by atoms with van der Waals surface area (Å²) in [5, 5.41) is 12.4. The number of nitrogens with zero attached hydrogens (tertiary/aromatic N) is 3. The smallest absolute Gasteiger partial charge is 0.237 e. The van der Waals surface area contributed by atoms with E-state index in [0.29, 0.717) is 6.54 Å². The zero-order chi connectivity index (χ0) is 22.5. The highest BCUT2D eigenvalue weighted by atomic mass is 32.2. The summed E-state index contributed by atoms with van der Waals surface area (Å²) in [6.45, 7) is 6.54. The van der Waals surface area contributed by atoms with Crippen LogP contribution in [-0.2, 0) is 11.3 Å². The Kier molecular flexibility index (Phi) is 6.71. The van der Waals surface area contributed by atoms with Crippen LogP contribution in [0.4, 0.5) is 5.69 Å². The van der Waals surface area contributed by atoms with E-state index in [-0.39, 0.29) is 11.2 Å². The predicted octanol–water partition coefficient (Wildman–Crippen LogP) is 5.73. The molecule has 3 aromatic carbocycles. The zero-order valence-corrected chi connectivity index (χ0v) is 19.3. The van der Waals surface area contributed by atoms with Gasteiger partial charge >= 0.3 is 0 Å². The lowest BCUT2D eigenvalue weighted by Crippen LogP contribution is -2.24. The third-order valence-corrected chi connectivity index (χ3v) is 6.39. The lowest BCUT2D eigenvalue weighted by Gasteiger charge is -2.16. The first-order chi connectivity index (χ1) is 15.5. The SMILES string of the molecule is Cc1cccc(C)c1NC(=O)[C@@H](C)Sc1nnc(-c2ccccc2)n1Cc1ccccc1. The second-order valence-corrected chi connectivity index (χ2v) is 9.07. The summed E-state index contributed by atoms with van der Waals surface area (Å²) in [5.74, 6) is 0.738. The lowest BCUT2D eigenvalue weighted by atomic mass is 10.1. The van der Waals surface area contributed by atoms with Crippen LogP contribution in [0.25, 0.3) is 11.4 Å². The van der Waals surface area contributed by atoms with Crippen LogP contribution in [0.15, 0.2) is 84.0 Å². The van der Waals surface area contributed by atoms with E-state index in [1.807, 2.05) is 87.5 Å². The normalized spacial score (nSPS) is 11.8. The topological polar surface area (TPSA) is 59.8 Å². The van der Waals surface area contributed by atoms with Crippen LogP contribution in [0.1, 0.15) is 23.6 Å². The molecule has 0 aliphatic rings. The minimum Gasteiger partial charge on any atom is -0.325 e. The van der Waals surface area contributed by atoms with Gasteiger partial charge in [-0.15, -0.1) is 10.2 Å². The lowest BCUT2D eigenvalue weighted by molar-refractivity contribution is -0.115. The van der Waals surface area contributed by atoms with Crippen molar-refractivity contribution in [3.8, 4) is 11.4 Å². The third-order valence-electron chi connectivity index (χ3n) is 5.31. The Morgan fingerprint density at radius 2 is 1.53 bits per heavy atom. The summed E-state index contributed by atoms with van der Waals surface area (Å²) in [7, 11) is 0. The first-order valence-electron chi connectivity index (χ1n) is 10.6. The van der Waals surface area contributed by atoms with Crippen molar-refractivity contribution in [2.24, 2.45) is 0 Å². The first kappa shape index (κ1) is 21.8. The van der Waals surface area contributed by atoms with Crippen LogP contribution in [0.3, 0.4) is 0 Å². The van der Waals surface area contributed by atoms with Gasteiger partial charge in [0.1, 0.15) is 0 Å². The Morgan fingerprint density at radius 3 is 2.19 bits per heavy atom. The number of anilines is 1. The number of hydrogen-bond acceptors (Lipinski definition) is 4. The van der Waals surface area contributed by atoms with Crippen molar-refractivity contribution >= 4 is 23.4 Å². The minimum absolute atomic E-state index is 0.0528. The highest BCUT2D eigenvalue weighted by molar-refractivity contribution is 8.00. The van der Waals surface area contributed by atoms with Gasteiger partial charge in [-0.3, -0.25) is 9.36 Å². The molecule has 0 bridgehead atoms. The number of benzene rings is 3. The molecule has 0 unspecified atom stereocenters. The van der Waals surface area contributed by atoms with Gasteiger partial charge in [0.05, 0.1) is 11.8 Å². The molecule has 1 aromatic heterocycles. The monoisotopic (exact) mass is 442 g/mol. The zero-order valence-electron chi connectivity index (χ0n) is 18.4. The summed E-state index contributed by atoms with van der Waals surface area (Å²) in [5.41, 5.74) is 5.12. The summed E-state index contributed by atoms with van der Waals surface area (Å²) in [6, 6.07) is 26.2. The van der Waals surface area contributed by atoms with Gasteiger partial charge in [0.15, 0.2) is 11.0 Å². The number of thioether (sulfide) groups is 1. The predicted molar refractivity (Wildman–Crippen MR) is 131 cm³/mol. The van der Waals surface area contributed by atoms with Crippen molar-refractivity contribution in [2.45, 2.75) is 37.7 Å². The molecular weight excluding hydrogens is 416 g/mol. The van der Waals surface area contributed by atoms with Crippen LogP contribution in [0.2, 0.25) is 0 Å². The molecule has 0 aliphatic heterocycles. The molecule has 5 nitrogen and oxygen atoms in total. The molecule has 1 N–H and O–H groups in total. The maximum atomic E-state index is 13.0. The van der Waals surface area contributed by atoms with Gasteiger partial charge < -0.3 is 5.32 Å². The summed E-state index contributed by atoms with van der Waals surface area (Å²) < 4.78 is 2.08. The third kappa shape index (κ3) is 4.92. The number of rotatable bonds is 7. The number of amides is 1. The van der Waals surface area contributed by atoms with Crippen molar-refractivity contribution < 1.29 is 4.79 Å². The maximum Gasteiger partial charge on any atom is 0.237 e. The molecule has 0 spiro atoms. The van der Waals surface area contributed by atoms with Gasteiger partial charge in [0.25, 0.3) is 0 Å². The van der Waals surface area contributed by atoms with E-state index in [4.69, 9.17) is 0 Å². The molecule has 4 aromatic rings. The molecule has 1 amide bonds. The van der Waals surface area contributed by atoms with E-state index in [9.17, 15) is 4.79 Å². The Bertz CT molecular complexity index is 1180. The van der Waals surface area contributed by atoms with Crippen molar-refractivity contribution in [3.05, 3.63) is 95.6 Å². The molecule has 1 atom stereocenters. The van der Waals surface area contributed by atoms with Gasteiger partial charge in [0, 0.05) is 11.3 Å². The Hall–Kier alpha value is -3.38. The summed E-state index contributed by atoms with van der Waals surface area (Å²) in [4.78, 5) is 13.0. The summed E-state index contributed by atoms with van der Waals surface area (Å²) in [6.07, 6.45) is 0. The van der Waals surface area contributed by atoms with Gasteiger partial charge in [0.2, 0.25) is 5.91 Å². The van der Waals surface area contributed by atoms with Crippen molar-refractivity contribution in [2.75, 3.05) is 5.32 Å². The van der Waals surface area contributed by atoms with E-state index >= 15 is 0 Å². The standard InChI is InChI=1S/C26H26N4OS/c1-18-11-10-12-19(2)23(18)27-25(31)20(3)32-26-29-28-24(22-15-8-5-9-16-22)30(26)17-21-13-6-4-7-14-21/h4-16,20H,17H2,1-3H3,(H,27,31)/t20-/m1/s1. The number of para-hydroxylation sites is 1. The Morgan fingerprint density at radius 1 is 0.906 bits per heavy atom. The number of nitrogens with one attached hydrogen (secondary N) is 1. The average molecular weight is 443 g/mol. The molecule has 162 valence electrons. The Labute approximate surface area is 192 Å². The fourth-order valence-electron chi connectivity index (χ4n) is 3.53. The highest BCUT2D eigenvalue weighted by Gasteiger charge is 2.22. The molecule has 1 heterocycles. The minimum atomic E-state index is -0.337. The van der Waals surface area contributed by atoms with E-state index < -0.39 is 0 Å². The van der Waals surface area contributed by atoms with E-state index in [1.54, 1.807) is 0 Å². The van der Waals surface area contributed by atoms with Crippen LogP contribution in [0.5, 0.6) is 0 Å². The maximum absolute atomic E-state index is 13.0. The molecule has 0 saturated carbocycles. The number of hydrogen-bond donors (Lipinski definition) is 1. The molecule has 4 rings (SSSR count). The molecule has 0 aliphatic carbocycles. The van der Waals surface area contributed by atoms with Crippen LogP contribution in [-0.4, -0.2) is 25.9 Å². The highest BCUT2D eigenvalue weighted by Crippen LogP contribution is 2.29. The fraction of sp³-hybridized carbons (Fsp3) is 0.192. The number of carbonyl (C=O) groups excluding carboxylic acids is 1. The fourth-order valence-corrected chi connectivity index (χ4v) is 4.38. The molecular formula is C26H26N4OS. The van der Waals surface area contributed by atoms with Crippen LogP contribution >= 0.6 is 11.8 Å². The van der Waals surface area contributed by atoms with Gasteiger partial charge in [-0.05, 0) is 37.5 Å². The first-order valence-corrected chi connectivity index (χ1v) is 11.5. The van der Waals surface area contributed by atoms with Gasteiger partial charge in [-0.1, -0.05) is 90.6 Å². The Balaban J connectivity index is 1.60. The second-order valence-electron chi connectivity index (χ2n) is 7.76. The van der Waals surface area contributed by atoms with Crippen LogP contribution in [0, 0.1) is 13.8 Å². The molecule has 0 radical (unpaired) electrons.